The van der Waals surface area contributed by atoms with E-state index in [4.69, 9.17) is 10.5 Å². The smallest absolute Gasteiger partial charge is 0.210 e. The Bertz CT molecular complexity index is 480. The number of ketones is 1. The maximum atomic E-state index is 11.6. The molecule has 2 N–H and O–H groups in total. The van der Waals surface area contributed by atoms with E-state index in [-0.39, 0.29) is 12.4 Å². The number of anilines is 1. The van der Waals surface area contributed by atoms with Crippen molar-refractivity contribution in [1.82, 2.24) is 0 Å². The first-order chi connectivity index (χ1) is 7.75. The third-order valence-electron chi connectivity index (χ3n) is 2.02. The van der Waals surface area contributed by atoms with Gasteiger partial charge >= 0.3 is 0 Å². The number of nitrogen functional groups attached to an aromatic ring is 1. The van der Waals surface area contributed by atoms with Gasteiger partial charge in [0, 0.05) is 11.8 Å². The number of benzene rings is 1. The van der Waals surface area contributed by atoms with Gasteiger partial charge in [-0.2, -0.15) is 0 Å². The van der Waals surface area contributed by atoms with E-state index in [1.165, 1.54) is 11.3 Å². The van der Waals surface area contributed by atoms with Gasteiger partial charge in [-0.3, -0.25) is 4.79 Å². The lowest BCUT2D eigenvalue weighted by atomic mass is 10.3. The molecule has 0 aliphatic rings. The van der Waals surface area contributed by atoms with Crippen molar-refractivity contribution in [1.29, 1.82) is 0 Å². The molecular weight excluding hydrogens is 222 g/mol. The number of ether oxygens (including phenoxy) is 1. The van der Waals surface area contributed by atoms with E-state index in [2.05, 4.69) is 0 Å². The Hall–Kier alpha value is -1.81. The fraction of sp³-hybridized carbons (Fsp3) is 0.0833. The monoisotopic (exact) mass is 233 g/mol. The van der Waals surface area contributed by atoms with Crippen molar-refractivity contribution in [2.45, 2.75) is 0 Å². The fourth-order valence-electron chi connectivity index (χ4n) is 1.26. The van der Waals surface area contributed by atoms with Crippen LogP contribution in [0.15, 0.2) is 41.8 Å². The van der Waals surface area contributed by atoms with Crippen LogP contribution >= 0.6 is 11.3 Å². The first-order valence-corrected chi connectivity index (χ1v) is 5.69. The second kappa shape index (κ2) is 4.81. The molecule has 0 amide bonds. The van der Waals surface area contributed by atoms with Crippen molar-refractivity contribution < 1.29 is 9.53 Å². The summed E-state index contributed by atoms with van der Waals surface area (Å²) < 4.78 is 5.35. The Morgan fingerprint density at radius 3 is 2.88 bits per heavy atom. The molecule has 4 heteroatoms. The topological polar surface area (TPSA) is 52.3 Å². The molecule has 0 bridgehead atoms. The zero-order chi connectivity index (χ0) is 11.4. The Morgan fingerprint density at radius 1 is 1.31 bits per heavy atom. The van der Waals surface area contributed by atoms with Crippen LogP contribution < -0.4 is 10.5 Å². The Kier molecular flexibility index (Phi) is 3.22. The van der Waals surface area contributed by atoms with E-state index < -0.39 is 0 Å². The van der Waals surface area contributed by atoms with Crippen molar-refractivity contribution in [2.24, 2.45) is 0 Å². The normalized spacial score (nSPS) is 10.0. The molecule has 82 valence electrons. The van der Waals surface area contributed by atoms with Crippen molar-refractivity contribution in [2.75, 3.05) is 12.3 Å². The SMILES string of the molecule is Nc1cccc(OCC(=O)c2cccs2)c1. The maximum Gasteiger partial charge on any atom is 0.210 e. The van der Waals surface area contributed by atoms with Gasteiger partial charge in [0.1, 0.15) is 5.75 Å². The highest BCUT2D eigenvalue weighted by molar-refractivity contribution is 7.12. The molecule has 0 unspecified atom stereocenters. The Morgan fingerprint density at radius 2 is 2.19 bits per heavy atom. The van der Waals surface area contributed by atoms with Gasteiger partial charge in [-0.25, -0.2) is 0 Å². The zero-order valence-corrected chi connectivity index (χ0v) is 9.37. The summed E-state index contributed by atoms with van der Waals surface area (Å²) in [5.74, 6) is 0.599. The van der Waals surface area contributed by atoms with Crippen molar-refractivity contribution in [3.8, 4) is 5.75 Å². The van der Waals surface area contributed by atoms with Crippen molar-refractivity contribution >= 4 is 22.8 Å². The largest absolute Gasteiger partial charge is 0.485 e. The second-order valence-electron chi connectivity index (χ2n) is 3.26. The summed E-state index contributed by atoms with van der Waals surface area (Å²) in [6, 6.07) is 10.7. The number of hydrogen-bond acceptors (Lipinski definition) is 4. The van der Waals surface area contributed by atoms with Crippen LogP contribution in [0.25, 0.3) is 0 Å². The van der Waals surface area contributed by atoms with Crippen molar-refractivity contribution in [3.63, 3.8) is 0 Å². The third-order valence-corrected chi connectivity index (χ3v) is 2.93. The first kappa shape index (κ1) is 10.7. The molecule has 0 radical (unpaired) electrons. The number of rotatable bonds is 4. The van der Waals surface area contributed by atoms with Gasteiger partial charge in [-0.15, -0.1) is 11.3 Å². The molecule has 1 heterocycles. The molecule has 2 aromatic rings. The van der Waals surface area contributed by atoms with E-state index in [1.807, 2.05) is 11.4 Å². The highest BCUT2D eigenvalue weighted by Crippen LogP contribution is 2.15. The molecule has 0 saturated heterocycles. The summed E-state index contributed by atoms with van der Waals surface area (Å²) >= 11 is 1.42. The molecule has 0 aliphatic carbocycles. The Balaban J connectivity index is 1.95. The number of carbonyl (C=O) groups excluding carboxylic acids is 1. The molecule has 3 nitrogen and oxygen atoms in total. The lowest BCUT2D eigenvalue weighted by Crippen LogP contribution is -2.10. The van der Waals surface area contributed by atoms with Crippen LogP contribution in [-0.2, 0) is 0 Å². The molecule has 16 heavy (non-hydrogen) atoms. The van der Waals surface area contributed by atoms with Gasteiger partial charge < -0.3 is 10.5 Å². The predicted molar refractivity (Wildman–Crippen MR) is 65.0 cm³/mol. The van der Waals surface area contributed by atoms with E-state index >= 15 is 0 Å². The number of Topliss-reactive ketones (excluding diaryl/α,β-unsaturated/α-hetero) is 1. The van der Waals surface area contributed by atoms with Crippen LogP contribution in [0.5, 0.6) is 5.75 Å². The minimum Gasteiger partial charge on any atom is -0.485 e. The fourth-order valence-corrected chi connectivity index (χ4v) is 1.91. The highest BCUT2D eigenvalue weighted by Gasteiger charge is 2.07. The van der Waals surface area contributed by atoms with E-state index in [0.717, 1.165) is 0 Å². The third kappa shape index (κ3) is 2.61. The molecule has 0 fully saturated rings. The molecule has 0 atom stereocenters. The van der Waals surface area contributed by atoms with Gasteiger partial charge in [0.05, 0.1) is 4.88 Å². The quantitative estimate of drug-likeness (QED) is 0.652. The summed E-state index contributed by atoms with van der Waals surface area (Å²) in [5, 5.41) is 1.87. The lowest BCUT2D eigenvalue weighted by molar-refractivity contribution is 0.0925. The zero-order valence-electron chi connectivity index (χ0n) is 8.55. The van der Waals surface area contributed by atoms with Crippen LogP contribution in [0.1, 0.15) is 9.67 Å². The average Bonchev–Trinajstić information content (AvgIpc) is 2.79. The highest BCUT2D eigenvalue weighted by atomic mass is 32.1. The van der Waals surface area contributed by atoms with Gasteiger partial charge in [-0.1, -0.05) is 12.1 Å². The summed E-state index contributed by atoms with van der Waals surface area (Å²) in [6.07, 6.45) is 0. The molecule has 1 aromatic heterocycles. The van der Waals surface area contributed by atoms with Gasteiger partial charge in [0.15, 0.2) is 6.61 Å². The summed E-state index contributed by atoms with van der Waals surface area (Å²) in [6.45, 7) is 0.0456. The summed E-state index contributed by atoms with van der Waals surface area (Å²) in [7, 11) is 0. The van der Waals surface area contributed by atoms with Crippen LogP contribution in [0.4, 0.5) is 5.69 Å². The first-order valence-electron chi connectivity index (χ1n) is 4.81. The molecule has 1 aromatic carbocycles. The van der Waals surface area contributed by atoms with Crippen LogP contribution in [-0.4, -0.2) is 12.4 Å². The second-order valence-corrected chi connectivity index (χ2v) is 4.21. The summed E-state index contributed by atoms with van der Waals surface area (Å²) in [4.78, 5) is 12.3. The molecule has 0 spiro atoms. The molecule has 0 saturated carbocycles. The van der Waals surface area contributed by atoms with Crippen LogP contribution in [0.3, 0.4) is 0 Å². The minimum absolute atomic E-state index is 0.0163. The standard InChI is InChI=1S/C12H11NO2S/c13-9-3-1-4-10(7-9)15-8-11(14)12-5-2-6-16-12/h1-7H,8,13H2. The lowest BCUT2D eigenvalue weighted by Gasteiger charge is -2.04. The number of hydrogen-bond donors (Lipinski definition) is 1. The molecular formula is C12H11NO2S. The van der Waals surface area contributed by atoms with Crippen molar-refractivity contribution in [3.05, 3.63) is 46.7 Å². The van der Waals surface area contributed by atoms with Gasteiger partial charge in [-0.05, 0) is 23.6 Å². The molecule has 2 rings (SSSR count). The molecule has 0 aliphatic heterocycles. The number of nitrogens with two attached hydrogens (primary N) is 1. The van der Waals surface area contributed by atoms with Crippen LogP contribution in [0, 0.1) is 0 Å². The van der Waals surface area contributed by atoms with Gasteiger partial charge in [0.2, 0.25) is 5.78 Å². The predicted octanol–water partition coefficient (Wildman–Crippen LogP) is 2.59. The van der Waals surface area contributed by atoms with Gasteiger partial charge in [0.25, 0.3) is 0 Å². The average molecular weight is 233 g/mol. The van der Waals surface area contributed by atoms with E-state index in [1.54, 1.807) is 30.3 Å². The number of carbonyl (C=O) groups is 1. The van der Waals surface area contributed by atoms with Crippen LogP contribution in [0.2, 0.25) is 0 Å². The number of thiophene rings is 1. The minimum atomic E-state index is -0.0163. The van der Waals surface area contributed by atoms with E-state index in [9.17, 15) is 4.79 Å². The maximum absolute atomic E-state index is 11.6. The Labute approximate surface area is 97.5 Å². The summed E-state index contributed by atoms with van der Waals surface area (Å²) in [5.41, 5.74) is 6.22. The van der Waals surface area contributed by atoms with E-state index in [0.29, 0.717) is 16.3 Å².